The van der Waals surface area contributed by atoms with Crippen molar-refractivity contribution in [2.45, 2.75) is 11.8 Å². The number of benzene rings is 1. The summed E-state index contributed by atoms with van der Waals surface area (Å²) < 4.78 is 39.8. The van der Waals surface area contributed by atoms with Gasteiger partial charge in [0.2, 0.25) is 0 Å². The molecule has 6 heteroatoms. The Labute approximate surface area is 85.9 Å². The molecule has 0 heterocycles. The van der Waals surface area contributed by atoms with Crippen LogP contribution < -0.4 is 4.74 Å². The fraction of sp³-hybridized carbons (Fsp3) is 0.250. The van der Waals surface area contributed by atoms with Crippen molar-refractivity contribution in [3.8, 4) is 5.75 Å². The van der Waals surface area contributed by atoms with E-state index in [1.807, 2.05) is 0 Å². The molecule has 1 aromatic rings. The van der Waals surface area contributed by atoms with Crippen molar-refractivity contribution in [1.82, 2.24) is 0 Å². The molecule has 0 aliphatic heterocycles. The van der Waals surface area contributed by atoms with Gasteiger partial charge >= 0.3 is 0 Å². The van der Waals surface area contributed by atoms with Crippen molar-refractivity contribution in [2.75, 3.05) is 7.11 Å². The smallest absolute Gasteiger partial charge is 0.264 e. The monoisotopic (exact) mass is 238 g/mol. The van der Waals surface area contributed by atoms with Crippen LogP contribution in [0.5, 0.6) is 5.75 Å². The van der Waals surface area contributed by atoms with Gasteiger partial charge in [-0.1, -0.05) is 0 Å². The van der Waals surface area contributed by atoms with E-state index in [4.69, 9.17) is 15.4 Å². The first kappa shape index (κ1) is 11.3. The third kappa shape index (κ3) is 2.16. The molecule has 0 amide bonds. The first-order valence-corrected chi connectivity index (χ1v) is 5.96. The number of halogens is 2. The summed E-state index contributed by atoms with van der Waals surface area (Å²) in [5, 5.41) is 0. The molecule has 0 radical (unpaired) electrons. The van der Waals surface area contributed by atoms with Crippen LogP contribution in [-0.2, 0) is 9.05 Å². The number of rotatable bonds is 2. The average molecular weight is 239 g/mol. The van der Waals surface area contributed by atoms with E-state index in [9.17, 15) is 12.8 Å². The predicted octanol–water partition coefficient (Wildman–Crippen LogP) is 2.07. The Morgan fingerprint density at radius 3 is 2.43 bits per heavy atom. The van der Waals surface area contributed by atoms with Crippen molar-refractivity contribution in [1.29, 1.82) is 0 Å². The number of hydrogen-bond donors (Lipinski definition) is 0. The Morgan fingerprint density at radius 2 is 2.00 bits per heavy atom. The quantitative estimate of drug-likeness (QED) is 0.741. The van der Waals surface area contributed by atoms with Crippen LogP contribution in [-0.4, -0.2) is 15.5 Å². The van der Waals surface area contributed by atoms with Crippen LogP contribution >= 0.6 is 10.7 Å². The van der Waals surface area contributed by atoms with Gasteiger partial charge < -0.3 is 4.74 Å². The lowest BCUT2D eigenvalue weighted by molar-refractivity contribution is 0.408. The van der Waals surface area contributed by atoms with Gasteiger partial charge in [0.05, 0.1) is 7.11 Å². The topological polar surface area (TPSA) is 43.4 Å². The molecule has 0 unspecified atom stereocenters. The Bertz CT molecular complexity index is 456. The minimum atomic E-state index is -4.07. The van der Waals surface area contributed by atoms with Gasteiger partial charge in [0, 0.05) is 16.7 Å². The van der Waals surface area contributed by atoms with Crippen molar-refractivity contribution in [3.63, 3.8) is 0 Å². The standard InChI is InChI=1S/C8H8ClFO3S/c1-5-3-6(10)8(14(9,11)12)4-7(5)13-2/h3-4H,1-2H3. The molecule has 3 nitrogen and oxygen atoms in total. The molecule has 1 aromatic carbocycles. The maximum Gasteiger partial charge on any atom is 0.264 e. The number of hydrogen-bond acceptors (Lipinski definition) is 3. The number of aryl methyl sites for hydroxylation is 1. The zero-order valence-electron chi connectivity index (χ0n) is 7.54. The van der Waals surface area contributed by atoms with Gasteiger partial charge in [-0.3, -0.25) is 0 Å². The second-order valence-electron chi connectivity index (χ2n) is 2.69. The molecule has 0 aromatic heterocycles. The highest BCUT2D eigenvalue weighted by atomic mass is 35.7. The van der Waals surface area contributed by atoms with Crippen LogP contribution in [0.15, 0.2) is 17.0 Å². The highest BCUT2D eigenvalue weighted by molar-refractivity contribution is 8.13. The van der Waals surface area contributed by atoms with E-state index in [1.165, 1.54) is 7.11 Å². The predicted molar refractivity (Wildman–Crippen MR) is 50.7 cm³/mol. The molecule has 14 heavy (non-hydrogen) atoms. The Morgan fingerprint density at radius 1 is 1.43 bits per heavy atom. The lowest BCUT2D eigenvalue weighted by atomic mass is 10.2. The van der Waals surface area contributed by atoms with E-state index in [0.717, 1.165) is 12.1 Å². The van der Waals surface area contributed by atoms with Crippen LogP contribution in [0.25, 0.3) is 0 Å². The third-order valence-electron chi connectivity index (χ3n) is 1.71. The maximum atomic E-state index is 13.1. The first-order chi connectivity index (χ1) is 6.36. The molecule has 0 saturated heterocycles. The van der Waals surface area contributed by atoms with E-state index in [2.05, 4.69) is 0 Å². The third-order valence-corrected chi connectivity index (χ3v) is 3.05. The molecule has 0 atom stereocenters. The van der Waals surface area contributed by atoms with E-state index >= 15 is 0 Å². The summed E-state index contributed by atoms with van der Waals surface area (Å²) in [6.07, 6.45) is 0. The first-order valence-electron chi connectivity index (χ1n) is 3.65. The fourth-order valence-electron chi connectivity index (χ4n) is 1.04. The van der Waals surface area contributed by atoms with E-state index < -0.39 is 19.8 Å². The van der Waals surface area contributed by atoms with E-state index in [1.54, 1.807) is 6.92 Å². The van der Waals surface area contributed by atoms with Gasteiger partial charge in [0.1, 0.15) is 16.5 Å². The van der Waals surface area contributed by atoms with Gasteiger partial charge in [0.25, 0.3) is 9.05 Å². The van der Waals surface area contributed by atoms with Gasteiger partial charge in [0.15, 0.2) is 0 Å². The number of methoxy groups -OCH3 is 1. The van der Waals surface area contributed by atoms with Gasteiger partial charge in [-0.2, -0.15) is 0 Å². The zero-order valence-corrected chi connectivity index (χ0v) is 9.12. The summed E-state index contributed by atoms with van der Waals surface area (Å²) in [5.41, 5.74) is 0.508. The van der Waals surface area contributed by atoms with E-state index in [0.29, 0.717) is 5.56 Å². The lowest BCUT2D eigenvalue weighted by Crippen LogP contribution is -1.98. The van der Waals surface area contributed by atoms with Crippen molar-refractivity contribution < 1.29 is 17.5 Å². The molecule has 0 bridgehead atoms. The summed E-state index contributed by atoms with van der Waals surface area (Å²) in [5.74, 6) is -0.594. The summed E-state index contributed by atoms with van der Waals surface area (Å²) >= 11 is 0. The molecule has 0 saturated carbocycles. The molecule has 78 valence electrons. The SMILES string of the molecule is COc1cc(S(=O)(=O)Cl)c(F)cc1C. The van der Waals surface area contributed by atoms with Gasteiger partial charge in [-0.05, 0) is 18.6 Å². The van der Waals surface area contributed by atoms with Gasteiger partial charge in [-0.25, -0.2) is 12.8 Å². The molecule has 0 aliphatic rings. The van der Waals surface area contributed by atoms with Crippen molar-refractivity contribution >= 4 is 19.7 Å². The maximum absolute atomic E-state index is 13.1. The molecular formula is C8H8ClFO3S. The van der Waals surface area contributed by atoms with Crippen LogP contribution in [0.1, 0.15) is 5.56 Å². The van der Waals surface area contributed by atoms with Crippen molar-refractivity contribution in [3.05, 3.63) is 23.5 Å². The molecule has 0 fully saturated rings. The minimum absolute atomic E-state index is 0.283. The number of ether oxygens (including phenoxy) is 1. The van der Waals surface area contributed by atoms with Crippen LogP contribution in [0.2, 0.25) is 0 Å². The Kier molecular flexibility index (Phi) is 3.01. The van der Waals surface area contributed by atoms with Gasteiger partial charge in [-0.15, -0.1) is 0 Å². The van der Waals surface area contributed by atoms with E-state index in [-0.39, 0.29) is 5.75 Å². The molecular weight excluding hydrogens is 231 g/mol. The minimum Gasteiger partial charge on any atom is -0.496 e. The normalized spacial score (nSPS) is 11.4. The van der Waals surface area contributed by atoms with Crippen LogP contribution in [0, 0.1) is 12.7 Å². The molecule has 1 rings (SSSR count). The highest BCUT2D eigenvalue weighted by Crippen LogP contribution is 2.27. The van der Waals surface area contributed by atoms with Crippen molar-refractivity contribution in [2.24, 2.45) is 0 Å². The summed E-state index contributed by atoms with van der Waals surface area (Å²) in [4.78, 5) is -0.568. The molecule has 0 aliphatic carbocycles. The molecule has 0 spiro atoms. The van der Waals surface area contributed by atoms with Crippen LogP contribution in [0.3, 0.4) is 0 Å². The zero-order chi connectivity index (χ0) is 10.9. The molecule has 0 N–H and O–H groups in total. The second-order valence-corrected chi connectivity index (χ2v) is 5.22. The second kappa shape index (κ2) is 3.74. The summed E-state index contributed by atoms with van der Waals surface area (Å²) in [7, 11) is 2.32. The fourth-order valence-corrected chi connectivity index (χ4v) is 1.94. The van der Waals surface area contributed by atoms with Crippen LogP contribution in [0.4, 0.5) is 4.39 Å². The average Bonchev–Trinajstić information content (AvgIpc) is 2.02. The largest absolute Gasteiger partial charge is 0.496 e. The highest BCUT2D eigenvalue weighted by Gasteiger charge is 2.18. The Hall–Kier alpha value is -0.810. The summed E-state index contributed by atoms with van der Waals surface area (Å²) in [6.45, 7) is 1.60. The lowest BCUT2D eigenvalue weighted by Gasteiger charge is -2.06. The summed E-state index contributed by atoms with van der Waals surface area (Å²) in [6, 6.07) is 2.13. The Balaban J connectivity index is 3.47.